The van der Waals surface area contributed by atoms with E-state index in [1.54, 1.807) is 6.07 Å². The van der Waals surface area contributed by atoms with E-state index in [9.17, 15) is 18.3 Å². The Morgan fingerprint density at radius 3 is 2.45 bits per heavy atom. The Hall–Kier alpha value is -2.01. The third-order valence-electron chi connectivity index (χ3n) is 3.50. The summed E-state index contributed by atoms with van der Waals surface area (Å²) in [5, 5.41) is 14.0. The molecule has 0 radical (unpaired) electrons. The van der Waals surface area contributed by atoms with Crippen LogP contribution in [0, 0.1) is 0 Å². The fourth-order valence-electron chi connectivity index (χ4n) is 2.25. The average Bonchev–Trinajstić information content (AvgIpc) is 2.60. The fraction of sp³-hybridized carbons (Fsp3) is 0.176. The van der Waals surface area contributed by atoms with Gasteiger partial charge in [0.25, 0.3) is 5.91 Å². The van der Waals surface area contributed by atoms with E-state index in [0.29, 0.717) is 10.0 Å². The van der Waals surface area contributed by atoms with Crippen molar-refractivity contribution in [2.45, 2.75) is 0 Å². The summed E-state index contributed by atoms with van der Waals surface area (Å²) in [5.41, 5.74) is 2.92. The number of carbonyl (C=O) groups is 1. The normalized spacial score (nSPS) is 11.5. The van der Waals surface area contributed by atoms with Gasteiger partial charge in [-0.05, 0) is 51.8 Å². The Bertz CT molecular complexity index is 1040. The molecule has 0 aliphatic heterocycles. The monoisotopic (exact) mass is 523 g/mol. The van der Waals surface area contributed by atoms with Crippen molar-refractivity contribution in [3.8, 4) is 11.5 Å². The summed E-state index contributed by atoms with van der Waals surface area (Å²) in [6.07, 6.45) is 2.27. The maximum Gasteiger partial charge on any atom is 0.260 e. The van der Waals surface area contributed by atoms with Gasteiger partial charge in [-0.25, -0.2) is 13.8 Å². The van der Waals surface area contributed by atoms with Crippen molar-refractivity contribution in [2.75, 3.05) is 24.2 Å². The maximum absolute atomic E-state index is 12.2. The van der Waals surface area contributed by atoms with Crippen LogP contribution >= 0.6 is 39.1 Å². The van der Waals surface area contributed by atoms with Crippen molar-refractivity contribution in [3.63, 3.8) is 0 Å². The van der Waals surface area contributed by atoms with E-state index in [4.69, 9.17) is 27.9 Å². The summed E-state index contributed by atoms with van der Waals surface area (Å²) in [5.74, 6) is -0.543. The first-order chi connectivity index (χ1) is 13.5. The Morgan fingerprint density at radius 2 is 1.90 bits per heavy atom. The largest absolute Gasteiger partial charge is 0.503 e. The van der Waals surface area contributed by atoms with Crippen LogP contribution in [0.2, 0.25) is 10.0 Å². The first-order valence-corrected chi connectivity index (χ1v) is 11.2. The van der Waals surface area contributed by atoms with Crippen molar-refractivity contribution in [2.24, 2.45) is 5.10 Å². The lowest BCUT2D eigenvalue weighted by atomic mass is 10.2. The van der Waals surface area contributed by atoms with Crippen LogP contribution in [0.5, 0.6) is 11.5 Å². The summed E-state index contributed by atoms with van der Waals surface area (Å²) >= 11 is 15.0. The molecule has 0 bridgehead atoms. The van der Waals surface area contributed by atoms with Gasteiger partial charge >= 0.3 is 0 Å². The van der Waals surface area contributed by atoms with Gasteiger partial charge in [0.05, 0.1) is 29.7 Å². The number of ether oxygens (including phenoxy) is 1. The number of benzene rings is 2. The number of rotatable bonds is 7. The van der Waals surface area contributed by atoms with Crippen LogP contribution < -0.4 is 14.5 Å². The summed E-state index contributed by atoms with van der Waals surface area (Å²) in [6.45, 7) is -0.532. The fourth-order valence-corrected chi connectivity index (χ4v) is 4.07. The topological polar surface area (TPSA) is 108 Å². The number of aromatic hydroxyl groups is 1. The van der Waals surface area contributed by atoms with E-state index >= 15 is 0 Å². The smallest absolute Gasteiger partial charge is 0.260 e. The number of carbonyl (C=O) groups excluding carboxylic acids is 1. The maximum atomic E-state index is 12.2. The molecule has 0 atom stereocenters. The average molecular weight is 525 g/mol. The number of anilines is 1. The van der Waals surface area contributed by atoms with Gasteiger partial charge in [0.1, 0.15) is 6.54 Å². The van der Waals surface area contributed by atoms with Crippen LogP contribution in [0.25, 0.3) is 0 Å². The van der Waals surface area contributed by atoms with E-state index in [1.807, 2.05) is 0 Å². The summed E-state index contributed by atoms with van der Waals surface area (Å²) in [4.78, 5) is 12.2. The highest BCUT2D eigenvalue weighted by molar-refractivity contribution is 9.10. The SMILES string of the molecule is COc1cc(/C=N\NC(=O)CN(c2cc(Cl)cc(Cl)c2)S(C)(=O)=O)cc(Br)c1O. The van der Waals surface area contributed by atoms with Gasteiger partial charge in [-0.15, -0.1) is 0 Å². The van der Waals surface area contributed by atoms with Crippen molar-refractivity contribution in [1.29, 1.82) is 0 Å². The molecule has 0 unspecified atom stereocenters. The molecule has 156 valence electrons. The molecule has 8 nitrogen and oxygen atoms in total. The van der Waals surface area contributed by atoms with Crippen LogP contribution in [0.15, 0.2) is 39.9 Å². The van der Waals surface area contributed by atoms with Crippen LogP contribution in [0.1, 0.15) is 5.56 Å². The lowest BCUT2D eigenvalue weighted by molar-refractivity contribution is -0.119. The van der Waals surface area contributed by atoms with Gasteiger partial charge < -0.3 is 9.84 Å². The third-order valence-corrected chi connectivity index (χ3v) is 5.68. The second kappa shape index (κ2) is 9.66. The van der Waals surface area contributed by atoms with Crippen molar-refractivity contribution in [3.05, 3.63) is 50.4 Å². The molecule has 0 fully saturated rings. The molecule has 1 amide bonds. The number of phenolic OH excluding ortho intramolecular Hbond substituents is 1. The zero-order valence-electron chi connectivity index (χ0n) is 15.2. The van der Waals surface area contributed by atoms with Gasteiger partial charge in [-0.3, -0.25) is 9.10 Å². The first kappa shape index (κ1) is 23.3. The number of hydrazone groups is 1. The first-order valence-electron chi connectivity index (χ1n) is 7.83. The number of phenols is 1. The minimum atomic E-state index is -3.79. The molecule has 2 rings (SSSR count). The molecule has 0 heterocycles. The van der Waals surface area contributed by atoms with Gasteiger partial charge in [0.2, 0.25) is 10.0 Å². The molecule has 0 saturated heterocycles. The quantitative estimate of drug-likeness (QED) is 0.426. The Kier molecular flexibility index (Phi) is 7.75. The molecular formula is C17H16BrCl2N3O5S. The highest BCUT2D eigenvalue weighted by atomic mass is 79.9. The highest BCUT2D eigenvalue weighted by Gasteiger charge is 2.21. The number of methoxy groups -OCH3 is 1. The molecule has 0 aliphatic carbocycles. The summed E-state index contributed by atoms with van der Waals surface area (Å²) in [7, 11) is -2.40. The Labute approximate surface area is 186 Å². The number of hydrogen-bond acceptors (Lipinski definition) is 6. The minimum absolute atomic E-state index is 0.0716. The van der Waals surface area contributed by atoms with E-state index in [2.05, 4.69) is 26.5 Å². The number of sulfonamides is 1. The second-order valence-corrected chi connectivity index (χ2v) is 9.38. The molecule has 0 spiro atoms. The summed E-state index contributed by atoms with van der Waals surface area (Å²) in [6, 6.07) is 7.27. The molecule has 0 aliphatic rings. The van der Waals surface area contributed by atoms with E-state index in [0.717, 1.165) is 10.6 Å². The third kappa shape index (κ3) is 6.49. The van der Waals surface area contributed by atoms with E-state index in [1.165, 1.54) is 37.6 Å². The number of nitrogens with one attached hydrogen (secondary N) is 1. The number of amides is 1. The number of hydrogen-bond donors (Lipinski definition) is 2. The zero-order chi connectivity index (χ0) is 21.8. The van der Waals surface area contributed by atoms with Crippen LogP contribution in [-0.4, -0.2) is 45.6 Å². The zero-order valence-corrected chi connectivity index (χ0v) is 19.1. The Balaban J connectivity index is 2.15. The lowest BCUT2D eigenvalue weighted by Gasteiger charge is -2.21. The lowest BCUT2D eigenvalue weighted by Crippen LogP contribution is -2.39. The molecule has 2 aromatic carbocycles. The Morgan fingerprint density at radius 1 is 1.28 bits per heavy atom. The van der Waals surface area contributed by atoms with E-state index < -0.39 is 22.5 Å². The number of halogens is 3. The molecular weight excluding hydrogens is 509 g/mol. The summed E-state index contributed by atoms with van der Waals surface area (Å²) < 4.78 is 30.5. The molecule has 2 N–H and O–H groups in total. The van der Waals surface area contributed by atoms with Crippen molar-refractivity contribution >= 4 is 67.0 Å². The highest BCUT2D eigenvalue weighted by Crippen LogP contribution is 2.34. The van der Waals surface area contributed by atoms with Gasteiger partial charge in [-0.2, -0.15) is 5.10 Å². The van der Waals surface area contributed by atoms with Gasteiger partial charge in [-0.1, -0.05) is 23.2 Å². The molecule has 0 aromatic heterocycles. The van der Waals surface area contributed by atoms with Gasteiger partial charge in [0, 0.05) is 10.0 Å². The second-order valence-electron chi connectivity index (χ2n) is 5.74. The van der Waals surface area contributed by atoms with Crippen LogP contribution in [0.3, 0.4) is 0 Å². The van der Waals surface area contributed by atoms with Crippen LogP contribution in [-0.2, 0) is 14.8 Å². The number of nitrogens with zero attached hydrogens (tertiary/aromatic N) is 2. The molecule has 12 heteroatoms. The van der Waals surface area contributed by atoms with Crippen molar-refractivity contribution < 1.29 is 23.1 Å². The minimum Gasteiger partial charge on any atom is -0.503 e. The molecule has 2 aromatic rings. The molecule has 0 saturated carbocycles. The predicted molar refractivity (Wildman–Crippen MR) is 117 cm³/mol. The van der Waals surface area contributed by atoms with Crippen LogP contribution in [0.4, 0.5) is 5.69 Å². The predicted octanol–water partition coefficient (Wildman–Crippen LogP) is 3.39. The van der Waals surface area contributed by atoms with Crippen molar-refractivity contribution in [1.82, 2.24) is 5.43 Å². The van der Waals surface area contributed by atoms with Gasteiger partial charge in [0.15, 0.2) is 11.5 Å². The molecule has 29 heavy (non-hydrogen) atoms. The standard InChI is InChI=1S/C17H16BrCl2N3O5S/c1-28-15-4-10(3-14(18)17(15)25)8-21-22-16(24)9-23(29(2,26)27)13-6-11(19)5-12(20)7-13/h3-8,25H,9H2,1-2H3,(H,22,24)/b21-8-. The van der Waals surface area contributed by atoms with E-state index in [-0.39, 0.29) is 27.2 Å².